The minimum absolute atomic E-state index is 0. The van der Waals surface area contributed by atoms with Gasteiger partial charge < -0.3 is 15.5 Å². The molecule has 2 heterocycles. The van der Waals surface area contributed by atoms with E-state index in [4.69, 9.17) is 5.73 Å². The molecule has 128 valence electrons. The van der Waals surface area contributed by atoms with E-state index in [-0.39, 0.29) is 36.8 Å². The number of rotatable bonds is 5. The topological polar surface area (TPSA) is 75.4 Å². The summed E-state index contributed by atoms with van der Waals surface area (Å²) in [6, 6.07) is 0.0918. The van der Waals surface area contributed by atoms with Crippen LogP contribution in [0.3, 0.4) is 0 Å². The molecule has 1 aliphatic rings. The molecule has 1 fully saturated rings. The van der Waals surface area contributed by atoms with Crippen molar-refractivity contribution in [2.24, 2.45) is 5.73 Å². The first-order chi connectivity index (χ1) is 9.60. The average Bonchev–Trinajstić information content (AvgIpc) is 2.94. The van der Waals surface area contributed by atoms with Crippen molar-refractivity contribution in [2.45, 2.75) is 39.2 Å². The number of nitrogens with two attached hydrogens (primary N) is 1. The second-order valence-corrected chi connectivity index (χ2v) is 5.96. The van der Waals surface area contributed by atoms with Crippen LogP contribution < -0.4 is 10.6 Å². The fraction of sp³-hybridized carbons (Fsp3) is 0.769. The van der Waals surface area contributed by atoms with Crippen molar-refractivity contribution in [2.75, 3.05) is 31.1 Å². The summed E-state index contributed by atoms with van der Waals surface area (Å²) in [6.45, 7) is 7.19. The molecule has 0 saturated carbocycles. The highest BCUT2D eigenvalue weighted by atomic mass is 35.5. The smallest absolute Gasteiger partial charge is 0.222 e. The van der Waals surface area contributed by atoms with Crippen molar-refractivity contribution in [3.63, 3.8) is 0 Å². The first kappa shape index (κ1) is 21.4. The van der Waals surface area contributed by atoms with Crippen LogP contribution in [0, 0.1) is 0 Å². The maximum atomic E-state index is 12.0. The lowest BCUT2D eigenvalue weighted by atomic mass is 10.1. The monoisotopic (exact) mass is 369 g/mol. The summed E-state index contributed by atoms with van der Waals surface area (Å²) in [5.41, 5.74) is 5.69. The molecule has 1 aromatic heterocycles. The van der Waals surface area contributed by atoms with Crippen LogP contribution in [-0.4, -0.2) is 52.4 Å². The van der Waals surface area contributed by atoms with E-state index < -0.39 is 0 Å². The number of carbonyl (C=O) groups is 1. The highest BCUT2D eigenvalue weighted by Crippen LogP contribution is 2.19. The van der Waals surface area contributed by atoms with Crippen molar-refractivity contribution in [3.05, 3.63) is 5.82 Å². The van der Waals surface area contributed by atoms with Crippen LogP contribution >= 0.6 is 36.3 Å². The number of nitrogens with zero attached hydrogens (tertiary/aromatic N) is 4. The Kier molecular flexibility index (Phi) is 9.91. The summed E-state index contributed by atoms with van der Waals surface area (Å²) in [4.78, 5) is 20.7. The Bertz CT molecular complexity index is 449. The second kappa shape index (κ2) is 10.2. The third kappa shape index (κ3) is 5.87. The average molecular weight is 370 g/mol. The van der Waals surface area contributed by atoms with E-state index in [2.05, 4.69) is 21.2 Å². The number of halogens is 2. The van der Waals surface area contributed by atoms with E-state index in [0.29, 0.717) is 6.42 Å². The summed E-state index contributed by atoms with van der Waals surface area (Å²) >= 11 is 1.45. The molecule has 1 aliphatic heterocycles. The summed E-state index contributed by atoms with van der Waals surface area (Å²) in [6.07, 6.45) is 2.18. The van der Waals surface area contributed by atoms with E-state index in [1.165, 1.54) is 11.5 Å². The van der Waals surface area contributed by atoms with Crippen molar-refractivity contribution in [1.82, 2.24) is 14.3 Å². The summed E-state index contributed by atoms with van der Waals surface area (Å²) < 4.78 is 4.31. The molecule has 0 spiro atoms. The molecule has 0 bridgehead atoms. The van der Waals surface area contributed by atoms with Crippen LogP contribution in [0.1, 0.15) is 32.5 Å². The fourth-order valence-electron chi connectivity index (χ4n) is 2.17. The highest BCUT2D eigenvalue weighted by Gasteiger charge is 2.22. The van der Waals surface area contributed by atoms with Gasteiger partial charge in [0.2, 0.25) is 11.0 Å². The van der Waals surface area contributed by atoms with Gasteiger partial charge in [-0.2, -0.15) is 4.37 Å². The van der Waals surface area contributed by atoms with Crippen LogP contribution in [0.15, 0.2) is 0 Å². The van der Waals surface area contributed by atoms with E-state index in [1.807, 2.05) is 11.8 Å². The summed E-state index contributed by atoms with van der Waals surface area (Å²) in [5, 5.41) is 0.976. The minimum atomic E-state index is 0. The fourth-order valence-corrected chi connectivity index (χ4v) is 2.97. The molecule has 1 unspecified atom stereocenters. The number of anilines is 1. The number of hydrogen-bond donors (Lipinski definition) is 1. The van der Waals surface area contributed by atoms with Gasteiger partial charge in [0, 0.05) is 56.6 Å². The van der Waals surface area contributed by atoms with Crippen LogP contribution in [0.4, 0.5) is 5.13 Å². The zero-order chi connectivity index (χ0) is 14.5. The number of carbonyl (C=O) groups excluding carboxylic acids is 1. The molecular weight excluding hydrogens is 345 g/mol. The maximum Gasteiger partial charge on any atom is 0.222 e. The third-order valence-corrected chi connectivity index (χ3v) is 4.30. The van der Waals surface area contributed by atoms with Crippen molar-refractivity contribution < 1.29 is 4.79 Å². The van der Waals surface area contributed by atoms with Gasteiger partial charge in [-0.05, 0) is 13.3 Å². The standard InChI is InChI=1S/C13H23N5OS.2ClH/c1-3-11-15-13(20-16-11)18-8-6-17(7-9-18)12(19)5-4-10(2)14;;/h10H,3-9,14H2,1-2H3;2*1H. The van der Waals surface area contributed by atoms with Gasteiger partial charge in [-0.1, -0.05) is 6.92 Å². The van der Waals surface area contributed by atoms with E-state index in [0.717, 1.165) is 50.0 Å². The molecule has 1 amide bonds. The zero-order valence-corrected chi connectivity index (χ0v) is 15.5. The molecule has 2 N–H and O–H groups in total. The molecule has 2 rings (SSSR count). The first-order valence-corrected chi connectivity index (χ1v) is 7.98. The molecule has 0 aromatic carbocycles. The maximum absolute atomic E-state index is 12.0. The van der Waals surface area contributed by atoms with Crippen molar-refractivity contribution in [1.29, 1.82) is 0 Å². The normalized spacial score (nSPS) is 15.8. The van der Waals surface area contributed by atoms with Crippen LogP contribution in [0.5, 0.6) is 0 Å². The second-order valence-electron chi connectivity index (χ2n) is 5.23. The predicted octanol–water partition coefficient (Wildman–Crippen LogP) is 1.72. The van der Waals surface area contributed by atoms with Gasteiger partial charge in [0.1, 0.15) is 5.82 Å². The summed E-state index contributed by atoms with van der Waals surface area (Å²) in [7, 11) is 0. The first-order valence-electron chi connectivity index (χ1n) is 7.21. The zero-order valence-electron chi connectivity index (χ0n) is 13.0. The van der Waals surface area contributed by atoms with Gasteiger partial charge >= 0.3 is 0 Å². The molecule has 9 heteroatoms. The Morgan fingerprint density at radius 1 is 1.32 bits per heavy atom. The Labute approximate surface area is 148 Å². The Balaban J connectivity index is 0.00000220. The lowest BCUT2D eigenvalue weighted by Gasteiger charge is -2.34. The highest BCUT2D eigenvalue weighted by molar-refractivity contribution is 7.09. The molecule has 22 heavy (non-hydrogen) atoms. The molecule has 1 aromatic rings. The Morgan fingerprint density at radius 2 is 1.95 bits per heavy atom. The van der Waals surface area contributed by atoms with Gasteiger partial charge in [-0.25, -0.2) is 4.98 Å². The van der Waals surface area contributed by atoms with E-state index >= 15 is 0 Å². The van der Waals surface area contributed by atoms with Crippen molar-refractivity contribution >= 4 is 47.4 Å². The van der Waals surface area contributed by atoms with Crippen LogP contribution in [0.2, 0.25) is 0 Å². The van der Waals surface area contributed by atoms with Gasteiger partial charge in [-0.3, -0.25) is 4.79 Å². The molecule has 0 aliphatic carbocycles. The molecular formula is C13H25Cl2N5OS. The molecule has 1 atom stereocenters. The number of hydrogen-bond acceptors (Lipinski definition) is 6. The number of amides is 1. The Hall–Kier alpha value is -0.630. The lowest BCUT2D eigenvalue weighted by Crippen LogP contribution is -2.48. The third-order valence-electron chi connectivity index (χ3n) is 3.49. The molecule has 0 radical (unpaired) electrons. The Morgan fingerprint density at radius 3 is 2.45 bits per heavy atom. The van der Waals surface area contributed by atoms with E-state index in [9.17, 15) is 4.79 Å². The summed E-state index contributed by atoms with van der Waals surface area (Å²) in [5.74, 6) is 1.12. The van der Waals surface area contributed by atoms with Gasteiger partial charge in [0.15, 0.2) is 0 Å². The SMILES string of the molecule is CCc1nsc(N2CCN(C(=O)CCC(C)N)CC2)n1.Cl.Cl. The molecule has 6 nitrogen and oxygen atoms in total. The molecule has 1 saturated heterocycles. The number of aromatic nitrogens is 2. The number of piperazine rings is 1. The van der Waals surface area contributed by atoms with Crippen LogP contribution in [-0.2, 0) is 11.2 Å². The van der Waals surface area contributed by atoms with Crippen LogP contribution in [0.25, 0.3) is 0 Å². The number of aryl methyl sites for hydroxylation is 1. The lowest BCUT2D eigenvalue weighted by molar-refractivity contribution is -0.131. The van der Waals surface area contributed by atoms with Gasteiger partial charge in [0.25, 0.3) is 0 Å². The van der Waals surface area contributed by atoms with Crippen molar-refractivity contribution in [3.8, 4) is 0 Å². The quantitative estimate of drug-likeness (QED) is 0.854. The van der Waals surface area contributed by atoms with Gasteiger partial charge in [0.05, 0.1) is 0 Å². The minimum Gasteiger partial charge on any atom is -0.343 e. The largest absolute Gasteiger partial charge is 0.343 e. The van der Waals surface area contributed by atoms with Gasteiger partial charge in [-0.15, -0.1) is 24.8 Å². The van der Waals surface area contributed by atoms with E-state index in [1.54, 1.807) is 0 Å². The predicted molar refractivity (Wildman–Crippen MR) is 95.5 cm³/mol.